The first-order valence-electron chi connectivity index (χ1n) is 10.5. The molecule has 2 aromatic rings. The summed E-state index contributed by atoms with van der Waals surface area (Å²) < 4.78 is 11.6. The van der Waals surface area contributed by atoms with E-state index < -0.39 is 5.72 Å². The van der Waals surface area contributed by atoms with Gasteiger partial charge in [-0.15, -0.1) is 0 Å². The number of fused-ring (bicyclic) bond motifs is 1. The Morgan fingerprint density at radius 3 is 3.07 bits per heavy atom. The molecule has 3 aliphatic rings. The number of nitrogens with one attached hydrogen (secondary N) is 1. The van der Waals surface area contributed by atoms with E-state index in [1.54, 1.807) is 0 Å². The Balaban J connectivity index is 1.43. The van der Waals surface area contributed by atoms with Crippen molar-refractivity contribution in [3.63, 3.8) is 0 Å². The zero-order valence-electron chi connectivity index (χ0n) is 16.6. The van der Waals surface area contributed by atoms with E-state index in [1.165, 1.54) is 10.9 Å². The molecule has 0 saturated carbocycles. The minimum Gasteiger partial charge on any atom is -0.463 e. The number of carbonyl (C=O) groups excluding carboxylic acids is 2. The standard InChI is InChI=1S/C23H26N2O4/c1-2-28-22(27)15-9-10-23-17(11-15)7-8-21(26)25(23)18(14-29-23)12-16-13-24-20-6-4-3-5-19(16)20/h3-6,11,13,17-18,24H,2,7-10,12,14H2,1H3/t17-,18?,23?/m1/s1. The Kier molecular flexibility index (Phi) is 4.46. The average molecular weight is 394 g/mol. The van der Waals surface area contributed by atoms with Crippen LogP contribution in [0.1, 0.15) is 38.2 Å². The first kappa shape index (κ1) is 18.4. The third-order valence-corrected chi connectivity index (χ3v) is 6.64. The van der Waals surface area contributed by atoms with Gasteiger partial charge >= 0.3 is 5.97 Å². The average Bonchev–Trinajstić information content (AvgIpc) is 3.31. The van der Waals surface area contributed by atoms with Crippen molar-refractivity contribution in [2.75, 3.05) is 13.2 Å². The number of amides is 1. The van der Waals surface area contributed by atoms with Gasteiger partial charge in [0.2, 0.25) is 5.91 Å². The van der Waals surface area contributed by atoms with Crippen LogP contribution < -0.4 is 0 Å². The summed E-state index contributed by atoms with van der Waals surface area (Å²) in [4.78, 5) is 30.5. The van der Waals surface area contributed by atoms with Gasteiger partial charge in [0.25, 0.3) is 0 Å². The molecule has 29 heavy (non-hydrogen) atoms. The van der Waals surface area contributed by atoms with E-state index in [0.717, 1.165) is 23.9 Å². The zero-order chi connectivity index (χ0) is 20.0. The first-order valence-corrected chi connectivity index (χ1v) is 10.5. The van der Waals surface area contributed by atoms with Crippen molar-refractivity contribution in [3.8, 4) is 0 Å². The normalized spacial score (nSPS) is 28.8. The van der Waals surface area contributed by atoms with Gasteiger partial charge in [-0.05, 0) is 37.8 Å². The van der Waals surface area contributed by atoms with Gasteiger partial charge in [-0.2, -0.15) is 0 Å². The number of rotatable bonds is 4. The molecular formula is C23H26N2O4. The minimum absolute atomic E-state index is 0.0158. The van der Waals surface area contributed by atoms with Crippen LogP contribution in [-0.2, 0) is 25.5 Å². The van der Waals surface area contributed by atoms with Gasteiger partial charge in [0.1, 0.15) is 5.72 Å². The molecule has 2 fully saturated rings. The van der Waals surface area contributed by atoms with E-state index >= 15 is 0 Å². The maximum absolute atomic E-state index is 13.0. The lowest BCUT2D eigenvalue weighted by Gasteiger charge is -2.49. The molecule has 1 amide bonds. The number of piperidine rings is 1. The Morgan fingerprint density at radius 2 is 2.21 bits per heavy atom. The van der Waals surface area contributed by atoms with E-state index in [-0.39, 0.29) is 23.8 Å². The second-order valence-corrected chi connectivity index (χ2v) is 8.19. The number of hydrogen-bond acceptors (Lipinski definition) is 4. The number of nitrogens with zero attached hydrogens (tertiary/aromatic N) is 1. The highest BCUT2D eigenvalue weighted by molar-refractivity contribution is 5.89. The Morgan fingerprint density at radius 1 is 1.34 bits per heavy atom. The number of benzene rings is 1. The van der Waals surface area contributed by atoms with E-state index in [0.29, 0.717) is 32.5 Å². The van der Waals surface area contributed by atoms with Crippen LogP contribution in [0, 0.1) is 5.92 Å². The second-order valence-electron chi connectivity index (χ2n) is 8.19. The fraction of sp³-hybridized carbons (Fsp3) is 0.478. The number of para-hydroxylation sites is 1. The number of aromatic amines is 1. The highest BCUT2D eigenvalue weighted by Crippen LogP contribution is 2.49. The summed E-state index contributed by atoms with van der Waals surface area (Å²) in [5.41, 5.74) is 2.43. The molecule has 1 aliphatic carbocycles. The van der Waals surface area contributed by atoms with Crippen LogP contribution in [-0.4, -0.2) is 46.7 Å². The molecule has 3 heterocycles. The number of H-pyrrole nitrogens is 1. The fourth-order valence-electron chi connectivity index (χ4n) is 5.35. The topological polar surface area (TPSA) is 71.6 Å². The molecule has 1 spiro atoms. The summed E-state index contributed by atoms with van der Waals surface area (Å²) in [5.74, 6) is -0.0305. The summed E-state index contributed by atoms with van der Waals surface area (Å²) in [5, 5.41) is 1.20. The van der Waals surface area contributed by atoms with Gasteiger partial charge in [-0.25, -0.2) is 4.79 Å². The van der Waals surface area contributed by atoms with Crippen LogP contribution in [0.25, 0.3) is 10.9 Å². The molecule has 2 aliphatic heterocycles. The number of aromatic nitrogens is 1. The minimum atomic E-state index is -0.609. The van der Waals surface area contributed by atoms with Crippen LogP contribution in [0.3, 0.4) is 0 Å². The third kappa shape index (κ3) is 2.89. The number of hydrogen-bond donors (Lipinski definition) is 1. The fourth-order valence-corrected chi connectivity index (χ4v) is 5.35. The smallest absolute Gasteiger partial charge is 0.333 e. The summed E-state index contributed by atoms with van der Waals surface area (Å²) in [6.07, 6.45) is 7.26. The molecule has 6 heteroatoms. The van der Waals surface area contributed by atoms with E-state index in [2.05, 4.69) is 17.1 Å². The number of carbonyl (C=O) groups is 2. The van der Waals surface area contributed by atoms with Crippen LogP contribution >= 0.6 is 0 Å². The predicted octanol–water partition coefficient (Wildman–Crippen LogP) is 3.33. The predicted molar refractivity (Wildman–Crippen MR) is 108 cm³/mol. The van der Waals surface area contributed by atoms with Crippen molar-refractivity contribution in [3.05, 3.63) is 47.7 Å². The Labute approximate surface area is 169 Å². The summed E-state index contributed by atoms with van der Waals surface area (Å²) in [6.45, 7) is 2.73. The quantitative estimate of drug-likeness (QED) is 0.808. The molecule has 0 radical (unpaired) electrons. The SMILES string of the molecule is CCOC(=O)C1=C[C@H]2CCC(=O)N3C(Cc4c[nH]c5ccccc45)COC23CC1. The maximum Gasteiger partial charge on any atom is 0.333 e. The lowest BCUT2D eigenvalue weighted by molar-refractivity contribution is -0.173. The van der Waals surface area contributed by atoms with Crippen LogP contribution in [0.5, 0.6) is 0 Å². The molecule has 2 saturated heterocycles. The van der Waals surface area contributed by atoms with Crippen molar-refractivity contribution >= 4 is 22.8 Å². The van der Waals surface area contributed by atoms with Crippen LogP contribution in [0.4, 0.5) is 0 Å². The van der Waals surface area contributed by atoms with Gasteiger partial charge in [0.15, 0.2) is 0 Å². The van der Waals surface area contributed by atoms with Gasteiger partial charge < -0.3 is 19.4 Å². The van der Waals surface area contributed by atoms with Gasteiger partial charge in [0, 0.05) is 41.4 Å². The zero-order valence-corrected chi connectivity index (χ0v) is 16.6. The molecular weight excluding hydrogens is 368 g/mol. The number of esters is 1. The Hall–Kier alpha value is -2.60. The molecule has 1 N–H and O–H groups in total. The summed E-state index contributed by atoms with van der Waals surface area (Å²) in [7, 11) is 0. The lowest BCUT2D eigenvalue weighted by Crippen LogP contribution is -2.60. The van der Waals surface area contributed by atoms with E-state index in [1.807, 2.05) is 36.2 Å². The van der Waals surface area contributed by atoms with Gasteiger partial charge in [-0.1, -0.05) is 24.3 Å². The van der Waals surface area contributed by atoms with Gasteiger partial charge in [-0.3, -0.25) is 4.79 Å². The van der Waals surface area contributed by atoms with Crippen molar-refractivity contribution in [2.45, 2.75) is 50.8 Å². The molecule has 6 nitrogen and oxygen atoms in total. The largest absolute Gasteiger partial charge is 0.463 e. The summed E-state index contributed by atoms with van der Waals surface area (Å²) in [6, 6.07) is 8.25. The molecule has 1 aromatic heterocycles. The maximum atomic E-state index is 13.0. The molecule has 5 rings (SSSR count). The van der Waals surface area contributed by atoms with Crippen LogP contribution in [0.2, 0.25) is 0 Å². The molecule has 152 valence electrons. The Bertz CT molecular complexity index is 994. The van der Waals surface area contributed by atoms with E-state index in [9.17, 15) is 9.59 Å². The molecule has 3 atom stereocenters. The van der Waals surface area contributed by atoms with Gasteiger partial charge in [0.05, 0.1) is 19.3 Å². The van der Waals surface area contributed by atoms with Crippen molar-refractivity contribution in [1.82, 2.24) is 9.88 Å². The third-order valence-electron chi connectivity index (χ3n) is 6.64. The van der Waals surface area contributed by atoms with E-state index in [4.69, 9.17) is 9.47 Å². The highest BCUT2D eigenvalue weighted by atomic mass is 16.5. The number of ether oxygens (including phenoxy) is 2. The first-order chi connectivity index (χ1) is 14.1. The lowest BCUT2D eigenvalue weighted by atomic mass is 9.76. The van der Waals surface area contributed by atoms with Crippen molar-refractivity contribution in [2.24, 2.45) is 5.92 Å². The monoisotopic (exact) mass is 394 g/mol. The molecule has 0 bridgehead atoms. The van der Waals surface area contributed by atoms with Crippen molar-refractivity contribution < 1.29 is 19.1 Å². The second kappa shape index (κ2) is 7.02. The van der Waals surface area contributed by atoms with Crippen LogP contribution in [0.15, 0.2) is 42.1 Å². The molecule has 2 unspecified atom stereocenters. The highest BCUT2D eigenvalue weighted by Gasteiger charge is 2.57. The van der Waals surface area contributed by atoms with Crippen molar-refractivity contribution in [1.29, 1.82) is 0 Å². The molecule has 1 aromatic carbocycles. The summed E-state index contributed by atoms with van der Waals surface area (Å²) >= 11 is 0.